The molecule has 0 fully saturated rings. The fraction of sp³-hybridized carbons (Fsp3) is 0.429. The highest BCUT2D eigenvalue weighted by Crippen LogP contribution is 2.40. The number of hydrogen-bond donors (Lipinski definition) is 1. The van der Waals surface area contributed by atoms with Crippen molar-refractivity contribution in [2.75, 3.05) is 28.4 Å². The molecule has 7 nitrogen and oxygen atoms in total. The van der Waals surface area contributed by atoms with Crippen LogP contribution in [0.5, 0.6) is 17.2 Å². The van der Waals surface area contributed by atoms with Crippen molar-refractivity contribution >= 4 is 11.9 Å². The molecule has 0 aliphatic carbocycles. The zero-order valence-corrected chi connectivity index (χ0v) is 12.7. The lowest BCUT2D eigenvalue weighted by molar-refractivity contribution is -0.148. The van der Waals surface area contributed by atoms with Gasteiger partial charge in [-0.1, -0.05) is 0 Å². The number of carboxylic acids is 1. The van der Waals surface area contributed by atoms with Gasteiger partial charge in [0.05, 0.1) is 21.3 Å². The van der Waals surface area contributed by atoms with Crippen LogP contribution in [0.15, 0.2) is 12.1 Å². The van der Waals surface area contributed by atoms with Crippen molar-refractivity contribution in [1.29, 1.82) is 0 Å². The highest BCUT2D eigenvalue weighted by atomic mass is 16.5. The topological polar surface area (TPSA) is 85.3 Å². The largest absolute Gasteiger partial charge is 0.493 e. The zero-order valence-electron chi connectivity index (χ0n) is 12.7. The number of carbonyl (C=O) groups is 2. The van der Waals surface area contributed by atoms with Crippen molar-refractivity contribution in [1.82, 2.24) is 4.90 Å². The number of nitrogens with zero attached hydrogens (tertiary/aromatic N) is 1. The SMILES string of the molecule is COc1cc(C(C(=O)O)N(C)C(C)=O)cc(OC)c1OC. The Kier molecular flexibility index (Phi) is 5.40. The monoisotopic (exact) mass is 297 g/mol. The maximum absolute atomic E-state index is 11.5. The van der Waals surface area contributed by atoms with E-state index < -0.39 is 12.0 Å². The van der Waals surface area contributed by atoms with Crippen molar-refractivity contribution < 1.29 is 28.9 Å². The summed E-state index contributed by atoms with van der Waals surface area (Å²) in [5.74, 6) is -0.499. The normalized spacial score (nSPS) is 11.5. The molecule has 7 heteroatoms. The first-order chi connectivity index (χ1) is 9.87. The lowest BCUT2D eigenvalue weighted by Gasteiger charge is -2.25. The number of amides is 1. The van der Waals surface area contributed by atoms with Gasteiger partial charge in [0, 0.05) is 14.0 Å². The van der Waals surface area contributed by atoms with Crippen LogP contribution in [0.25, 0.3) is 0 Å². The van der Waals surface area contributed by atoms with E-state index in [0.717, 1.165) is 4.90 Å². The Hall–Kier alpha value is -2.44. The Bertz CT molecular complexity index is 517. The Morgan fingerprint density at radius 1 is 1.10 bits per heavy atom. The lowest BCUT2D eigenvalue weighted by Crippen LogP contribution is -2.34. The zero-order chi connectivity index (χ0) is 16.2. The number of methoxy groups -OCH3 is 3. The first-order valence-electron chi connectivity index (χ1n) is 6.13. The minimum absolute atomic E-state index is 0.329. The molecule has 0 bridgehead atoms. The Balaban J connectivity index is 3.45. The molecule has 0 aliphatic heterocycles. The molecule has 1 atom stereocenters. The van der Waals surface area contributed by atoms with E-state index in [9.17, 15) is 14.7 Å². The van der Waals surface area contributed by atoms with E-state index in [1.807, 2.05) is 0 Å². The smallest absolute Gasteiger partial charge is 0.331 e. The van der Waals surface area contributed by atoms with Crippen LogP contribution in [-0.2, 0) is 9.59 Å². The molecule has 1 rings (SSSR count). The summed E-state index contributed by atoms with van der Waals surface area (Å²) in [6.07, 6.45) is 0. The molecule has 1 aromatic carbocycles. The van der Waals surface area contributed by atoms with Crippen LogP contribution in [-0.4, -0.2) is 50.3 Å². The fourth-order valence-corrected chi connectivity index (χ4v) is 1.97. The maximum Gasteiger partial charge on any atom is 0.331 e. The van der Waals surface area contributed by atoms with Gasteiger partial charge in [-0.15, -0.1) is 0 Å². The molecule has 1 amide bonds. The second kappa shape index (κ2) is 6.83. The first-order valence-corrected chi connectivity index (χ1v) is 6.13. The summed E-state index contributed by atoms with van der Waals surface area (Å²) in [5, 5.41) is 9.39. The molecular formula is C14H19NO6. The van der Waals surface area contributed by atoms with E-state index in [-0.39, 0.29) is 5.91 Å². The van der Waals surface area contributed by atoms with E-state index in [0.29, 0.717) is 22.8 Å². The number of aliphatic carboxylic acids is 1. The van der Waals surface area contributed by atoms with Crippen molar-refractivity contribution in [3.05, 3.63) is 17.7 Å². The highest BCUT2D eigenvalue weighted by Gasteiger charge is 2.29. The minimum atomic E-state index is -1.15. The van der Waals surface area contributed by atoms with Gasteiger partial charge < -0.3 is 24.2 Å². The van der Waals surface area contributed by atoms with E-state index in [2.05, 4.69) is 0 Å². The number of hydrogen-bond acceptors (Lipinski definition) is 5. The molecule has 1 N–H and O–H groups in total. The van der Waals surface area contributed by atoms with Crippen LogP contribution in [0.1, 0.15) is 18.5 Å². The number of rotatable bonds is 6. The first kappa shape index (κ1) is 16.6. The van der Waals surface area contributed by atoms with E-state index in [4.69, 9.17) is 14.2 Å². The van der Waals surface area contributed by atoms with Crippen molar-refractivity contribution in [3.8, 4) is 17.2 Å². The molecule has 1 aromatic rings. The molecule has 116 valence electrons. The van der Waals surface area contributed by atoms with Gasteiger partial charge >= 0.3 is 5.97 Å². The van der Waals surface area contributed by atoms with Gasteiger partial charge in [-0.05, 0) is 17.7 Å². The molecule has 0 saturated heterocycles. The van der Waals surface area contributed by atoms with Crippen molar-refractivity contribution in [2.24, 2.45) is 0 Å². The van der Waals surface area contributed by atoms with E-state index >= 15 is 0 Å². The van der Waals surface area contributed by atoms with Crippen molar-refractivity contribution in [3.63, 3.8) is 0 Å². The molecule has 0 aromatic heterocycles. The lowest BCUT2D eigenvalue weighted by atomic mass is 10.0. The standard InChI is InChI=1S/C14H19NO6/c1-8(16)15(2)12(14(17)18)9-6-10(19-3)13(21-5)11(7-9)20-4/h6-7,12H,1-5H3,(H,17,18). The van der Waals surface area contributed by atoms with E-state index in [1.54, 1.807) is 0 Å². The maximum atomic E-state index is 11.5. The molecular weight excluding hydrogens is 278 g/mol. The van der Waals surface area contributed by atoms with Gasteiger partial charge in [-0.2, -0.15) is 0 Å². The van der Waals surface area contributed by atoms with Gasteiger partial charge in [0.25, 0.3) is 0 Å². The van der Waals surface area contributed by atoms with Gasteiger partial charge in [-0.25, -0.2) is 4.79 Å². The number of carbonyl (C=O) groups excluding carboxylic acids is 1. The second-order valence-electron chi connectivity index (χ2n) is 4.33. The van der Waals surface area contributed by atoms with Gasteiger partial charge in [-0.3, -0.25) is 4.79 Å². The molecule has 21 heavy (non-hydrogen) atoms. The number of likely N-dealkylation sites (N-methyl/N-ethyl adjacent to an activating group) is 1. The van der Waals surface area contributed by atoms with E-state index in [1.165, 1.54) is 47.4 Å². The van der Waals surface area contributed by atoms with Gasteiger partial charge in [0.1, 0.15) is 0 Å². The summed E-state index contributed by atoms with van der Waals surface area (Å²) in [5.41, 5.74) is 0.356. The third kappa shape index (κ3) is 3.36. The summed E-state index contributed by atoms with van der Waals surface area (Å²) in [6.45, 7) is 1.30. The summed E-state index contributed by atoms with van der Waals surface area (Å²) < 4.78 is 15.6. The molecule has 0 saturated carbocycles. The van der Waals surface area contributed by atoms with Crippen LogP contribution in [0, 0.1) is 0 Å². The molecule has 1 unspecified atom stereocenters. The Morgan fingerprint density at radius 3 is 1.86 bits per heavy atom. The summed E-state index contributed by atoms with van der Waals surface area (Å²) in [6, 6.07) is 1.88. The van der Waals surface area contributed by atoms with Crippen LogP contribution in [0.2, 0.25) is 0 Å². The quantitative estimate of drug-likeness (QED) is 0.852. The summed E-state index contributed by atoms with van der Waals surface area (Å²) >= 11 is 0. The second-order valence-corrected chi connectivity index (χ2v) is 4.33. The minimum Gasteiger partial charge on any atom is -0.493 e. The van der Waals surface area contributed by atoms with Gasteiger partial charge in [0.15, 0.2) is 17.5 Å². The molecule has 0 spiro atoms. The predicted molar refractivity (Wildman–Crippen MR) is 74.9 cm³/mol. The molecule has 0 radical (unpaired) electrons. The van der Waals surface area contributed by atoms with Crippen LogP contribution >= 0.6 is 0 Å². The number of benzene rings is 1. The predicted octanol–water partition coefficient (Wildman–Crippen LogP) is 1.32. The van der Waals surface area contributed by atoms with Crippen LogP contribution in [0.4, 0.5) is 0 Å². The highest BCUT2D eigenvalue weighted by molar-refractivity contribution is 5.83. The summed E-state index contributed by atoms with van der Waals surface area (Å²) in [7, 11) is 5.75. The number of ether oxygens (including phenoxy) is 3. The van der Waals surface area contributed by atoms with Crippen LogP contribution in [0.3, 0.4) is 0 Å². The molecule has 0 heterocycles. The number of carboxylic acid groups (broad SMARTS) is 1. The average Bonchev–Trinajstić information content (AvgIpc) is 2.45. The third-order valence-electron chi connectivity index (χ3n) is 3.12. The average molecular weight is 297 g/mol. The fourth-order valence-electron chi connectivity index (χ4n) is 1.97. The van der Waals surface area contributed by atoms with Crippen LogP contribution < -0.4 is 14.2 Å². The Labute approximate surface area is 123 Å². The van der Waals surface area contributed by atoms with Gasteiger partial charge in [0.2, 0.25) is 11.7 Å². The Morgan fingerprint density at radius 2 is 1.57 bits per heavy atom. The van der Waals surface area contributed by atoms with Crippen molar-refractivity contribution in [2.45, 2.75) is 13.0 Å². The summed E-state index contributed by atoms with van der Waals surface area (Å²) in [4.78, 5) is 24.1. The third-order valence-corrected chi connectivity index (χ3v) is 3.12. The molecule has 0 aliphatic rings.